The summed E-state index contributed by atoms with van der Waals surface area (Å²) in [6.45, 7) is 0.371. The second-order valence-corrected chi connectivity index (χ2v) is 5.15. The molecule has 1 aliphatic heterocycles. The summed E-state index contributed by atoms with van der Waals surface area (Å²) in [6, 6.07) is 5.51. The molecule has 1 saturated heterocycles. The smallest absolute Gasteiger partial charge is 0.348 e. The van der Waals surface area contributed by atoms with Crippen molar-refractivity contribution in [1.29, 1.82) is 0 Å². The van der Waals surface area contributed by atoms with E-state index in [1.165, 1.54) is 29.2 Å². The summed E-state index contributed by atoms with van der Waals surface area (Å²) in [5.74, 6) is -1.72. The molecule has 20 heavy (non-hydrogen) atoms. The van der Waals surface area contributed by atoms with Crippen LogP contribution < -0.4 is 5.32 Å². The van der Waals surface area contributed by atoms with Crippen LogP contribution in [0.5, 0.6) is 0 Å². The molecule has 2 nitrogen and oxygen atoms in total. The molecule has 0 amide bonds. The van der Waals surface area contributed by atoms with Gasteiger partial charge in [-0.15, -0.1) is 0 Å². The number of anilines is 1. The van der Waals surface area contributed by atoms with Crippen LogP contribution in [-0.4, -0.2) is 29.3 Å². The quantitative estimate of drug-likeness (QED) is 0.627. The van der Waals surface area contributed by atoms with Gasteiger partial charge in [-0.1, -0.05) is 0 Å². The zero-order valence-electron chi connectivity index (χ0n) is 10.6. The van der Waals surface area contributed by atoms with E-state index in [0.29, 0.717) is 18.7 Å². The molecule has 0 aliphatic carbocycles. The standard InChI is InChI=1S/C13H14F4N2S/c14-10-3-5-11(6-4-10)18-12(20)19-7-1-2-9(8-19)13(15,16)17/h3-6,9H,1-2,7-8H2,(H,18,20)/t9-/m1/s1. The Labute approximate surface area is 119 Å². The number of halogens is 4. The van der Waals surface area contributed by atoms with Gasteiger partial charge in [-0.05, 0) is 49.3 Å². The van der Waals surface area contributed by atoms with Crippen molar-refractivity contribution in [3.05, 3.63) is 30.1 Å². The highest BCUT2D eigenvalue weighted by Crippen LogP contribution is 2.33. The molecule has 1 N–H and O–H groups in total. The van der Waals surface area contributed by atoms with Crippen molar-refractivity contribution < 1.29 is 17.6 Å². The number of likely N-dealkylation sites (tertiary alicyclic amines) is 1. The Kier molecular flexibility index (Phi) is 4.47. The van der Waals surface area contributed by atoms with Crippen molar-refractivity contribution in [2.24, 2.45) is 5.92 Å². The van der Waals surface area contributed by atoms with Crippen LogP contribution in [-0.2, 0) is 0 Å². The number of thiocarbonyl (C=S) groups is 1. The SMILES string of the molecule is Fc1ccc(NC(=S)N2CCC[C@@H](C(F)(F)F)C2)cc1. The zero-order chi connectivity index (χ0) is 14.8. The summed E-state index contributed by atoms with van der Waals surface area (Å²) in [5, 5.41) is 3.08. The zero-order valence-corrected chi connectivity index (χ0v) is 11.4. The highest BCUT2D eigenvalue weighted by atomic mass is 32.1. The summed E-state index contributed by atoms with van der Waals surface area (Å²) in [5.41, 5.74) is 0.561. The van der Waals surface area contributed by atoms with E-state index in [0.717, 1.165) is 0 Å². The van der Waals surface area contributed by atoms with E-state index in [4.69, 9.17) is 12.2 Å². The van der Waals surface area contributed by atoms with Gasteiger partial charge in [0.2, 0.25) is 0 Å². The first-order valence-electron chi connectivity index (χ1n) is 6.24. The number of hydrogen-bond acceptors (Lipinski definition) is 1. The Morgan fingerprint density at radius 2 is 1.90 bits per heavy atom. The maximum atomic E-state index is 12.8. The second kappa shape index (κ2) is 5.95. The molecule has 110 valence electrons. The summed E-state index contributed by atoms with van der Waals surface area (Å²) in [7, 11) is 0. The summed E-state index contributed by atoms with van der Waals surface area (Å²) in [6.07, 6.45) is -3.60. The Morgan fingerprint density at radius 3 is 2.50 bits per heavy atom. The van der Waals surface area contributed by atoms with Crippen molar-refractivity contribution in [2.75, 3.05) is 18.4 Å². The Balaban J connectivity index is 1.97. The van der Waals surface area contributed by atoms with Gasteiger partial charge in [0.25, 0.3) is 0 Å². The summed E-state index contributed by atoms with van der Waals surface area (Å²) in [4.78, 5) is 1.51. The molecular formula is C13H14F4N2S. The number of rotatable bonds is 1. The molecule has 1 fully saturated rings. The van der Waals surface area contributed by atoms with Crippen LogP contribution in [0.15, 0.2) is 24.3 Å². The molecule has 1 aromatic rings. The van der Waals surface area contributed by atoms with Gasteiger partial charge >= 0.3 is 6.18 Å². The van der Waals surface area contributed by atoms with Crippen molar-refractivity contribution in [1.82, 2.24) is 4.90 Å². The summed E-state index contributed by atoms with van der Waals surface area (Å²) >= 11 is 5.12. The fourth-order valence-corrected chi connectivity index (χ4v) is 2.45. The molecule has 1 aromatic carbocycles. The van der Waals surface area contributed by atoms with Gasteiger partial charge in [0.1, 0.15) is 5.82 Å². The maximum Gasteiger partial charge on any atom is 0.393 e. The Bertz CT molecular complexity index is 472. The van der Waals surface area contributed by atoms with Crippen LogP contribution in [0.2, 0.25) is 0 Å². The van der Waals surface area contributed by atoms with Gasteiger partial charge in [-0.3, -0.25) is 0 Å². The molecule has 0 bridgehead atoms. The highest BCUT2D eigenvalue weighted by Gasteiger charge is 2.42. The third-order valence-corrected chi connectivity index (χ3v) is 3.63. The number of nitrogens with zero attached hydrogens (tertiary/aromatic N) is 1. The molecule has 7 heteroatoms. The molecular weight excluding hydrogens is 292 g/mol. The third kappa shape index (κ3) is 3.82. The fraction of sp³-hybridized carbons (Fsp3) is 0.462. The van der Waals surface area contributed by atoms with Crippen LogP contribution in [0.1, 0.15) is 12.8 Å². The van der Waals surface area contributed by atoms with Crippen LogP contribution >= 0.6 is 12.2 Å². The molecule has 2 rings (SSSR count). The van der Waals surface area contributed by atoms with Crippen LogP contribution in [0, 0.1) is 11.7 Å². The van der Waals surface area contributed by atoms with E-state index in [-0.39, 0.29) is 23.9 Å². The second-order valence-electron chi connectivity index (χ2n) is 4.76. The minimum atomic E-state index is -4.19. The number of nitrogens with one attached hydrogen (secondary N) is 1. The van der Waals surface area contributed by atoms with Crippen molar-refractivity contribution in [3.63, 3.8) is 0 Å². The van der Waals surface area contributed by atoms with E-state index in [2.05, 4.69) is 5.32 Å². The molecule has 0 unspecified atom stereocenters. The van der Waals surface area contributed by atoms with Crippen LogP contribution in [0.4, 0.5) is 23.2 Å². The predicted molar refractivity (Wildman–Crippen MR) is 73.0 cm³/mol. The Morgan fingerprint density at radius 1 is 1.25 bits per heavy atom. The van der Waals surface area contributed by atoms with Crippen LogP contribution in [0.3, 0.4) is 0 Å². The van der Waals surface area contributed by atoms with E-state index in [1.54, 1.807) is 0 Å². The highest BCUT2D eigenvalue weighted by molar-refractivity contribution is 7.80. The molecule has 0 saturated carbocycles. The number of alkyl halides is 3. The lowest BCUT2D eigenvalue weighted by molar-refractivity contribution is -0.183. The average Bonchev–Trinajstić information content (AvgIpc) is 2.40. The van der Waals surface area contributed by atoms with Gasteiger partial charge in [-0.2, -0.15) is 13.2 Å². The van der Waals surface area contributed by atoms with Crippen molar-refractivity contribution >= 4 is 23.0 Å². The van der Waals surface area contributed by atoms with Gasteiger partial charge in [0, 0.05) is 18.8 Å². The normalized spacial score (nSPS) is 19.8. The van der Waals surface area contributed by atoms with Crippen molar-refractivity contribution in [3.8, 4) is 0 Å². The predicted octanol–water partition coefficient (Wildman–Crippen LogP) is 3.80. The number of hydrogen-bond donors (Lipinski definition) is 1. The molecule has 1 atom stereocenters. The third-order valence-electron chi connectivity index (χ3n) is 3.27. The molecule has 1 aliphatic rings. The first-order chi connectivity index (χ1) is 9.36. The fourth-order valence-electron chi connectivity index (χ4n) is 2.16. The monoisotopic (exact) mass is 306 g/mol. The lowest BCUT2D eigenvalue weighted by atomic mass is 9.98. The largest absolute Gasteiger partial charge is 0.393 e. The lowest BCUT2D eigenvalue weighted by Gasteiger charge is -2.35. The summed E-state index contributed by atoms with van der Waals surface area (Å²) < 4.78 is 50.9. The lowest BCUT2D eigenvalue weighted by Crippen LogP contribution is -2.46. The first-order valence-corrected chi connectivity index (χ1v) is 6.65. The van der Waals surface area contributed by atoms with Gasteiger partial charge < -0.3 is 10.2 Å². The first kappa shape index (κ1) is 15.0. The van der Waals surface area contributed by atoms with E-state index < -0.39 is 12.1 Å². The minimum Gasteiger partial charge on any atom is -0.348 e. The van der Waals surface area contributed by atoms with E-state index >= 15 is 0 Å². The minimum absolute atomic E-state index is 0.128. The Hall–Kier alpha value is -1.37. The number of piperidine rings is 1. The molecule has 0 spiro atoms. The van der Waals surface area contributed by atoms with Gasteiger partial charge in [-0.25, -0.2) is 4.39 Å². The maximum absolute atomic E-state index is 12.8. The number of benzene rings is 1. The van der Waals surface area contributed by atoms with E-state index in [9.17, 15) is 17.6 Å². The molecule has 0 aromatic heterocycles. The molecule has 0 radical (unpaired) electrons. The topological polar surface area (TPSA) is 15.3 Å². The molecule has 1 heterocycles. The van der Waals surface area contributed by atoms with Gasteiger partial charge in [0.15, 0.2) is 5.11 Å². The average molecular weight is 306 g/mol. The van der Waals surface area contributed by atoms with Gasteiger partial charge in [0.05, 0.1) is 5.92 Å². The van der Waals surface area contributed by atoms with E-state index in [1.807, 2.05) is 0 Å². The van der Waals surface area contributed by atoms with Crippen molar-refractivity contribution in [2.45, 2.75) is 19.0 Å². The van der Waals surface area contributed by atoms with Crippen LogP contribution in [0.25, 0.3) is 0 Å².